The number of amides is 3. The molecule has 0 heterocycles. The zero-order valence-electron chi connectivity index (χ0n) is 14.0. The number of hydrogen-bond donors (Lipinski definition) is 2. The molecular weight excluding hydrogens is 294 g/mol. The minimum absolute atomic E-state index is 0.235. The molecule has 0 spiro atoms. The predicted molar refractivity (Wildman–Crippen MR) is 88.5 cm³/mol. The third-order valence-electron chi connectivity index (χ3n) is 3.99. The van der Waals surface area contributed by atoms with E-state index in [1.807, 2.05) is 43.1 Å². The number of aryl methyl sites for hydroxylation is 1. The fourth-order valence-corrected chi connectivity index (χ4v) is 2.08. The Morgan fingerprint density at radius 3 is 2.70 bits per heavy atom. The van der Waals surface area contributed by atoms with Crippen LogP contribution in [0.1, 0.15) is 25.3 Å². The summed E-state index contributed by atoms with van der Waals surface area (Å²) >= 11 is 0. The molecule has 6 heteroatoms. The van der Waals surface area contributed by atoms with Crippen LogP contribution in [-0.4, -0.2) is 49.1 Å². The lowest BCUT2D eigenvalue weighted by Gasteiger charge is -2.23. The van der Waals surface area contributed by atoms with E-state index in [4.69, 9.17) is 4.74 Å². The van der Waals surface area contributed by atoms with Crippen LogP contribution >= 0.6 is 0 Å². The molecule has 126 valence electrons. The van der Waals surface area contributed by atoms with Gasteiger partial charge >= 0.3 is 6.03 Å². The molecule has 0 saturated heterocycles. The molecule has 1 atom stereocenters. The quantitative estimate of drug-likeness (QED) is 0.802. The van der Waals surface area contributed by atoms with Crippen molar-refractivity contribution in [3.05, 3.63) is 29.8 Å². The molecule has 2 rings (SSSR count). The SMILES string of the molecule is Cc1ccccc1OCCN(C)[C@H](C)C(=O)NC(=O)NC1CC1. The van der Waals surface area contributed by atoms with Crippen LogP contribution in [0.25, 0.3) is 0 Å². The van der Waals surface area contributed by atoms with E-state index in [1.54, 1.807) is 6.92 Å². The fraction of sp³-hybridized carbons (Fsp3) is 0.529. The number of carbonyl (C=O) groups excluding carboxylic acids is 2. The first kappa shape index (κ1) is 17.3. The Balaban J connectivity index is 1.71. The van der Waals surface area contributed by atoms with Gasteiger partial charge in [-0.1, -0.05) is 18.2 Å². The van der Waals surface area contributed by atoms with Gasteiger partial charge in [-0.25, -0.2) is 4.79 Å². The van der Waals surface area contributed by atoms with E-state index in [0.717, 1.165) is 24.2 Å². The molecule has 0 aliphatic heterocycles. The average molecular weight is 319 g/mol. The predicted octanol–water partition coefficient (Wildman–Crippen LogP) is 1.68. The summed E-state index contributed by atoms with van der Waals surface area (Å²) in [5.41, 5.74) is 1.08. The molecule has 1 aliphatic rings. The van der Waals surface area contributed by atoms with Gasteiger partial charge in [-0.2, -0.15) is 0 Å². The van der Waals surface area contributed by atoms with Gasteiger partial charge in [-0.3, -0.25) is 15.0 Å². The van der Waals surface area contributed by atoms with Crippen molar-refractivity contribution in [2.75, 3.05) is 20.2 Å². The Morgan fingerprint density at radius 2 is 2.04 bits per heavy atom. The Labute approximate surface area is 137 Å². The Bertz CT molecular complexity index is 558. The molecule has 23 heavy (non-hydrogen) atoms. The second kappa shape index (κ2) is 7.97. The maximum Gasteiger partial charge on any atom is 0.321 e. The molecule has 1 saturated carbocycles. The van der Waals surface area contributed by atoms with Gasteiger partial charge in [-0.05, 0) is 45.4 Å². The number of nitrogens with zero attached hydrogens (tertiary/aromatic N) is 1. The monoisotopic (exact) mass is 319 g/mol. The molecule has 6 nitrogen and oxygen atoms in total. The highest BCUT2D eigenvalue weighted by Gasteiger charge is 2.25. The lowest BCUT2D eigenvalue weighted by molar-refractivity contribution is -0.124. The number of carbonyl (C=O) groups is 2. The van der Waals surface area contributed by atoms with Gasteiger partial charge in [-0.15, -0.1) is 0 Å². The standard InChI is InChI=1S/C17H25N3O3/c1-12-6-4-5-7-15(12)23-11-10-20(3)13(2)16(21)19-17(22)18-14-8-9-14/h4-7,13-14H,8-11H2,1-3H3,(H2,18,19,21,22)/t13-/m1/s1. The van der Waals surface area contributed by atoms with E-state index in [0.29, 0.717) is 13.2 Å². The van der Waals surface area contributed by atoms with Crippen molar-refractivity contribution < 1.29 is 14.3 Å². The molecule has 1 aromatic carbocycles. The maximum absolute atomic E-state index is 12.0. The minimum Gasteiger partial charge on any atom is -0.492 e. The maximum atomic E-state index is 12.0. The van der Waals surface area contributed by atoms with Crippen molar-refractivity contribution in [1.82, 2.24) is 15.5 Å². The molecule has 0 unspecified atom stereocenters. The Hall–Kier alpha value is -2.08. The Kier molecular flexibility index (Phi) is 5.98. The number of benzene rings is 1. The normalized spacial score (nSPS) is 15.1. The number of urea groups is 1. The summed E-state index contributed by atoms with van der Waals surface area (Å²) in [6, 6.07) is 7.24. The summed E-state index contributed by atoms with van der Waals surface area (Å²) in [4.78, 5) is 25.5. The van der Waals surface area contributed by atoms with Crippen molar-refractivity contribution in [2.24, 2.45) is 0 Å². The summed E-state index contributed by atoms with van der Waals surface area (Å²) in [6.07, 6.45) is 1.99. The average Bonchev–Trinajstić information content (AvgIpc) is 3.31. The van der Waals surface area contributed by atoms with Crippen LogP contribution in [0.3, 0.4) is 0 Å². The van der Waals surface area contributed by atoms with Crippen LogP contribution in [0.5, 0.6) is 5.75 Å². The number of para-hydroxylation sites is 1. The van der Waals surface area contributed by atoms with Crippen LogP contribution in [0.2, 0.25) is 0 Å². The van der Waals surface area contributed by atoms with Gasteiger partial charge in [0.25, 0.3) is 0 Å². The van der Waals surface area contributed by atoms with E-state index >= 15 is 0 Å². The molecule has 3 amide bonds. The van der Waals surface area contributed by atoms with Crippen molar-refractivity contribution in [1.29, 1.82) is 0 Å². The van der Waals surface area contributed by atoms with Gasteiger partial charge in [0, 0.05) is 12.6 Å². The number of ether oxygens (including phenoxy) is 1. The number of rotatable bonds is 7. The number of nitrogens with one attached hydrogen (secondary N) is 2. The second-order valence-corrected chi connectivity index (χ2v) is 6.01. The summed E-state index contributed by atoms with van der Waals surface area (Å²) in [6.45, 7) is 4.83. The van der Waals surface area contributed by atoms with E-state index in [-0.39, 0.29) is 11.9 Å². The molecule has 1 fully saturated rings. The largest absolute Gasteiger partial charge is 0.492 e. The van der Waals surface area contributed by atoms with Gasteiger partial charge in [0.1, 0.15) is 12.4 Å². The van der Waals surface area contributed by atoms with Crippen LogP contribution < -0.4 is 15.4 Å². The topological polar surface area (TPSA) is 70.7 Å². The van der Waals surface area contributed by atoms with Gasteiger partial charge in [0.05, 0.1) is 6.04 Å². The molecule has 0 bridgehead atoms. The lowest BCUT2D eigenvalue weighted by atomic mass is 10.2. The molecule has 1 aromatic rings. The van der Waals surface area contributed by atoms with Crippen molar-refractivity contribution in [3.8, 4) is 5.75 Å². The van der Waals surface area contributed by atoms with Crippen molar-refractivity contribution in [3.63, 3.8) is 0 Å². The van der Waals surface area contributed by atoms with Crippen LogP contribution in [-0.2, 0) is 4.79 Å². The summed E-state index contributed by atoms with van der Waals surface area (Å²) in [5.74, 6) is 0.545. The molecule has 0 radical (unpaired) electrons. The second-order valence-electron chi connectivity index (χ2n) is 6.01. The summed E-state index contributed by atoms with van der Waals surface area (Å²) < 4.78 is 5.73. The molecule has 0 aromatic heterocycles. The highest BCUT2D eigenvalue weighted by atomic mass is 16.5. The highest BCUT2D eigenvalue weighted by Crippen LogP contribution is 2.18. The van der Waals surface area contributed by atoms with Gasteiger partial charge in [0.2, 0.25) is 5.91 Å². The number of hydrogen-bond acceptors (Lipinski definition) is 4. The number of likely N-dealkylation sites (N-methyl/N-ethyl adjacent to an activating group) is 1. The summed E-state index contributed by atoms with van der Waals surface area (Å²) in [5, 5.41) is 5.11. The van der Waals surface area contributed by atoms with Crippen molar-refractivity contribution in [2.45, 2.75) is 38.8 Å². The molecular formula is C17H25N3O3. The van der Waals surface area contributed by atoms with Gasteiger partial charge in [0.15, 0.2) is 0 Å². The first-order valence-corrected chi connectivity index (χ1v) is 7.97. The zero-order valence-corrected chi connectivity index (χ0v) is 14.0. The first-order chi connectivity index (χ1) is 11.0. The smallest absolute Gasteiger partial charge is 0.321 e. The van der Waals surface area contributed by atoms with E-state index in [9.17, 15) is 9.59 Å². The fourth-order valence-electron chi connectivity index (χ4n) is 2.08. The highest BCUT2D eigenvalue weighted by molar-refractivity contribution is 5.96. The zero-order chi connectivity index (χ0) is 16.8. The van der Waals surface area contributed by atoms with Crippen LogP contribution in [0.15, 0.2) is 24.3 Å². The van der Waals surface area contributed by atoms with E-state index in [1.165, 1.54) is 0 Å². The lowest BCUT2D eigenvalue weighted by Crippen LogP contribution is -2.49. The first-order valence-electron chi connectivity index (χ1n) is 7.97. The third-order valence-corrected chi connectivity index (χ3v) is 3.99. The third kappa shape index (κ3) is 5.56. The van der Waals surface area contributed by atoms with Crippen LogP contribution in [0, 0.1) is 6.92 Å². The molecule has 2 N–H and O–H groups in total. The van der Waals surface area contributed by atoms with Crippen LogP contribution in [0.4, 0.5) is 4.79 Å². The van der Waals surface area contributed by atoms with E-state index in [2.05, 4.69) is 10.6 Å². The summed E-state index contributed by atoms with van der Waals surface area (Å²) in [7, 11) is 1.84. The van der Waals surface area contributed by atoms with Crippen molar-refractivity contribution >= 4 is 11.9 Å². The Morgan fingerprint density at radius 1 is 1.35 bits per heavy atom. The molecule has 1 aliphatic carbocycles. The van der Waals surface area contributed by atoms with Gasteiger partial charge < -0.3 is 10.1 Å². The number of imide groups is 1. The van der Waals surface area contributed by atoms with E-state index < -0.39 is 12.1 Å². The minimum atomic E-state index is -0.408.